The summed E-state index contributed by atoms with van der Waals surface area (Å²) >= 11 is 0. The molecule has 0 aliphatic carbocycles. The Kier molecular flexibility index (Phi) is 5.57. The largest absolute Gasteiger partial charge is 0.478 e. The number of likely N-dealkylation sites (N-methyl/N-ethyl adjacent to an activating group) is 1. The van der Waals surface area contributed by atoms with Crippen LogP contribution in [0.5, 0.6) is 5.75 Å². The molecule has 0 spiro atoms. The minimum absolute atomic E-state index is 0. The molecule has 1 aromatic heterocycles. The lowest BCUT2D eigenvalue weighted by Crippen LogP contribution is -2.38. The molecule has 8 heteroatoms. The number of fused-ring (bicyclic) bond motifs is 1. The number of hydrogen-bond donors (Lipinski definition) is 2. The molecule has 2 unspecified atom stereocenters. The van der Waals surface area contributed by atoms with Crippen molar-refractivity contribution in [2.75, 3.05) is 12.4 Å². The highest BCUT2D eigenvalue weighted by atomic mass is 35.5. The summed E-state index contributed by atoms with van der Waals surface area (Å²) in [5, 5.41) is 9.85. The Hall–Kier alpha value is -2.12. The second kappa shape index (κ2) is 7.43. The van der Waals surface area contributed by atoms with E-state index in [1.807, 2.05) is 32.2 Å². The van der Waals surface area contributed by atoms with Crippen molar-refractivity contribution in [1.29, 1.82) is 0 Å². The third-order valence-corrected chi connectivity index (χ3v) is 3.56. The Morgan fingerprint density at radius 3 is 2.96 bits per heavy atom. The Labute approximate surface area is 140 Å². The van der Waals surface area contributed by atoms with Gasteiger partial charge < -0.3 is 19.9 Å². The fraction of sp³-hybridized carbons (Fsp3) is 0.400. The van der Waals surface area contributed by atoms with Crippen molar-refractivity contribution in [2.45, 2.75) is 31.9 Å². The smallest absolute Gasteiger partial charge is 0.266 e. The van der Waals surface area contributed by atoms with E-state index in [-0.39, 0.29) is 30.8 Å². The van der Waals surface area contributed by atoms with Gasteiger partial charge >= 0.3 is 0 Å². The minimum Gasteiger partial charge on any atom is -0.478 e. The summed E-state index contributed by atoms with van der Waals surface area (Å²) < 4.78 is 10.9. The molecule has 1 aromatic carbocycles. The molecule has 0 radical (unpaired) electrons. The number of carbonyl (C=O) groups is 1. The van der Waals surface area contributed by atoms with Crippen molar-refractivity contribution < 1.29 is 14.1 Å². The van der Waals surface area contributed by atoms with E-state index in [1.54, 1.807) is 6.07 Å². The Bertz CT molecular complexity index is 676. The predicted molar refractivity (Wildman–Crippen MR) is 87.0 cm³/mol. The third-order valence-electron chi connectivity index (χ3n) is 3.56. The van der Waals surface area contributed by atoms with Crippen LogP contribution in [-0.2, 0) is 17.6 Å². The van der Waals surface area contributed by atoms with Crippen LogP contribution in [0.2, 0.25) is 0 Å². The van der Waals surface area contributed by atoms with Gasteiger partial charge in [-0.15, -0.1) is 12.4 Å². The molecule has 124 valence electrons. The monoisotopic (exact) mass is 338 g/mol. The van der Waals surface area contributed by atoms with Gasteiger partial charge in [0.1, 0.15) is 5.75 Å². The van der Waals surface area contributed by atoms with Crippen LogP contribution in [0.4, 0.5) is 5.69 Å². The van der Waals surface area contributed by atoms with Gasteiger partial charge in [-0.1, -0.05) is 17.3 Å². The molecule has 0 saturated carbocycles. The topological polar surface area (TPSA) is 89.3 Å². The first kappa shape index (κ1) is 17.2. The van der Waals surface area contributed by atoms with E-state index in [9.17, 15) is 4.79 Å². The van der Waals surface area contributed by atoms with Crippen molar-refractivity contribution in [1.82, 2.24) is 15.5 Å². The number of carbonyl (C=O) groups excluding carboxylic acids is 1. The number of nitrogens with one attached hydrogen (secondary N) is 2. The average Bonchev–Trinajstić information content (AvgIpc) is 2.95. The van der Waals surface area contributed by atoms with Crippen LogP contribution < -0.4 is 15.4 Å². The second-order valence-electron chi connectivity index (χ2n) is 5.29. The first-order valence-electron chi connectivity index (χ1n) is 7.21. The number of anilines is 1. The van der Waals surface area contributed by atoms with Gasteiger partial charge in [0.2, 0.25) is 5.89 Å². The van der Waals surface area contributed by atoms with Crippen molar-refractivity contribution in [3.05, 3.63) is 36.0 Å². The number of benzene rings is 1. The SMILES string of the molecule is CNC(C)Cc1noc(CC2Oc3ccccc3NC2=O)n1.Cl. The molecule has 7 nitrogen and oxygen atoms in total. The number of amides is 1. The quantitative estimate of drug-likeness (QED) is 0.860. The number of aromatic nitrogens is 2. The van der Waals surface area contributed by atoms with Gasteiger partial charge in [0.25, 0.3) is 5.91 Å². The molecule has 2 atom stereocenters. The number of nitrogens with zero attached hydrogens (tertiary/aromatic N) is 2. The maximum atomic E-state index is 12.1. The van der Waals surface area contributed by atoms with Crippen LogP contribution in [0, 0.1) is 0 Å². The normalized spacial score (nSPS) is 17.5. The van der Waals surface area contributed by atoms with Crippen LogP contribution in [0.25, 0.3) is 0 Å². The zero-order valence-electron chi connectivity index (χ0n) is 12.9. The molecule has 2 heterocycles. The summed E-state index contributed by atoms with van der Waals surface area (Å²) in [6, 6.07) is 7.57. The van der Waals surface area contributed by atoms with Gasteiger partial charge in [0.15, 0.2) is 11.9 Å². The standard InChI is InChI=1S/C15H18N4O3.ClH/c1-9(16-2)7-13-18-14(22-19-13)8-12-15(20)17-10-5-3-4-6-11(10)21-12;/h3-6,9,12,16H,7-8H2,1-2H3,(H,17,20);1H. The summed E-state index contributed by atoms with van der Waals surface area (Å²) in [5.74, 6) is 1.46. The zero-order valence-corrected chi connectivity index (χ0v) is 13.7. The van der Waals surface area contributed by atoms with Gasteiger partial charge in [-0.25, -0.2) is 0 Å². The van der Waals surface area contributed by atoms with E-state index in [0.717, 1.165) is 0 Å². The highest BCUT2D eigenvalue weighted by Gasteiger charge is 2.29. The lowest BCUT2D eigenvalue weighted by molar-refractivity contribution is -0.123. The van der Waals surface area contributed by atoms with Crippen molar-refractivity contribution in [2.24, 2.45) is 0 Å². The molecular formula is C15H19ClN4O3. The second-order valence-corrected chi connectivity index (χ2v) is 5.29. The molecular weight excluding hydrogens is 320 g/mol. The van der Waals surface area contributed by atoms with E-state index in [1.165, 1.54) is 0 Å². The molecule has 3 rings (SSSR count). The van der Waals surface area contributed by atoms with Gasteiger partial charge in [-0.3, -0.25) is 4.79 Å². The molecule has 0 bridgehead atoms. The minimum atomic E-state index is -0.662. The highest BCUT2D eigenvalue weighted by molar-refractivity contribution is 5.97. The van der Waals surface area contributed by atoms with Gasteiger partial charge in [0, 0.05) is 12.5 Å². The van der Waals surface area contributed by atoms with Crippen LogP contribution in [-0.4, -0.2) is 35.2 Å². The van der Waals surface area contributed by atoms with E-state index in [4.69, 9.17) is 9.26 Å². The van der Waals surface area contributed by atoms with Crippen LogP contribution in [0.1, 0.15) is 18.6 Å². The van der Waals surface area contributed by atoms with Crippen molar-refractivity contribution in [3.63, 3.8) is 0 Å². The Balaban J connectivity index is 0.00000192. The summed E-state index contributed by atoms with van der Waals surface area (Å²) in [4.78, 5) is 16.4. The molecule has 2 aromatic rings. The molecule has 2 N–H and O–H groups in total. The highest BCUT2D eigenvalue weighted by Crippen LogP contribution is 2.29. The lowest BCUT2D eigenvalue weighted by atomic mass is 10.1. The van der Waals surface area contributed by atoms with Crippen molar-refractivity contribution >= 4 is 24.0 Å². The first-order valence-corrected chi connectivity index (χ1v) is 7.21. The third kappa shape index (κ3) is 4.00. The fourth-order valence-electron chi connectivity index (χ4n) is 2.22. The number of hydrogen-bond acceptors (Lipinski definition) is 6. The molecule has 1 amide bonds. The Morgan fingerprint density at radius 2 is 2.17 bits per heavy atom. The number of ether oxygens (including phenoxy) is 1. The van der Waals surface area contributed by atoms with Gasteiger partial charge in [-0.05, 0) is 26.1 Å². The van der Waals surface area contributed by atoms with Gasteiger partial charge in [-0.2, -0.15) is 4.98 Å². The number of halogens is 1. The van der Waals surface area contributed by atoms with Crippen LogP contribution >= 0.6 is 12.4 Å². The molecule has 0 fully saturated rings. The summed E-state index contributed by atoms with van der Waals surface area (Å²) in [6.07, 6.45) is 0.256. The Morgan fingerprint density at radius 1 is 1.39 bits per heavy atom. The van der Waals surface area contributed by atoms with Gasteiger partial charge in [0.05, 0.1) is 12.1 Å². The molecule has 1 aliphatic heterocycles. The first-order chi connectivity index (χ1) is 10.7. The summed E-state index contributed by atoms with van der Waals surface area (Å²) in [5.41, 5.74) is 0.679. The van der Waals surface area contributed by atoms with Crippen LogP contribution in [0.15, 0.2) is 28.8 Å². The average molecular weight is 339 g/mol. The van der Waals surface area contributed by atoms with Crippen molar-refractivity contribution in [3.8, 4) is 5.75 Å². The fourth-order valence-corrected chi connectivity index (χ4v) is 2.22. The number of rotatable bonds is 5. The summed E-state index contributed by atoms with van der Waals surface area (Å²) in [6.45, 7) is 2.03. The zero-order chi connectivity index (χ0) is 15.5. The van der Waals surface area contributed by atoms with E-state index in [2.05, 4.69) is 20.8 Å². The maximum absolute atomic E-state index is 12.1. The summed E-state index contributed by atoms with van der Waals surface area (Å²) in [7, 11) is 1.88. The van der Waals surface area contributed by atoms with E-state index >= 15 is 0 Å². The van der Waals surface area contributed by atoms with Crippen LogP contribution in [0.3, 0.4) is 0 Å². The van der Waals surface area contributed by atoms with E-state index < -0.39 is 6.10 Å². The molecule has 0 saturated heterocycles. The molecule has 1 aliphatic rings. The molecule has 23 heavy (non-hydrogen) atoms. The number of para-hydroxylation sites is 2. The van der Waals surface area contributed by atoms with E-state index in [0.29, 0.717) is 29.6 Å². The predicted octanol–water partition coefficient (Wildman–Crippen LogP) is 1.58. The maximum Gasteiger partial charge on any atom is 0.266 e. The lowest BCUT2D eigenvalue weighted by Gasteiger charge is -2.24.